The lowest BCUT2D eigenvalue weighted by atomic mass is 10.0. The minimum absolute atomic E-state index is 0.321. The van der Waals surface area contributed by atoms with Crippen LogP contribution in [-0.4, -0.2) is 35.8 Å². The molecule has 0 saturated heterocycles. The van der Waals surface area contributed by atoms with Gasteiger partial charge in [-0.05, 0) is 56.3 Å². The largest absolute Gasteiger partial charge is 0.493 e. The number of rotatable bonds is 6. The molecule has 0 saturated carbocycles. The Morgan fingerprint density at radius 2 is 1.82 bits per heavy atom. The van der Waals surface area contributed by atoms with Crippen molar-refractivity contribution >= 4 is 22.5 Å². The lowest BCUT2D eigenvalue weighted by molar-refractivity contribution is 0.0956. The number of nitrogens with zero attached hydrogens (tertiary/aromatic N) is 3. The van der Waals surface area contributed by atoms with Gasteiger partial charge in [0.1, 0.15) is 0 Å². The van der Waals surface area contributed by atoms with Crippen LogP contribution in [0.4, 0.5) is 0 Å². The molecule has 2 aromatic carbocycles. The van der Waals surface area contributed by atoms with Crippen LogP contribution in [0.5, 0.6) is 11.5 Å². The fourth-order valence-corrected chi connectivity index (χ4v) is 3.51. The average Bonchev–Trinajstić information content (AvgIpc) is 2.86. The van der Waals surface area contributed by atoms with Gasteiger partial charge in [0.05, 0.1) is 36.7 Å². The van der Waals surface area contributed by atoms with Gasteiger partial charge in [-0.2, -0.15) is 5.10 Å². The minimum Gasteiger partial charge on any atom is -0.493 e. The van der Waals surface area contributed by atoms with Crippen LogP contribution in [0.15, 0.2) is 72.1 Å². The maximum absolute atomic E-state index is 13.2. The Hall–Kier alpha value is -4.26. The standard InChI is InChI=1S/C26H24N4O3/c1-16-7-9-22-20(12-16)21(26(31)30-29-17(2)19-6-5-11-27-15-19)14-23(28-22)18-8-10-24(32-3)25(13-18)33-4/h5-15H,1-4H3,(H,30,31). The summed E-state index contributed by atoms with van der Waals surface area (Å²) in [5.74, 6) is 0.886. The third-order valence-electron chi connectivity index (χ3n) is 5.29. The highest BCUT2D eigenvalue weighted by atomic mass is 16.5. The molecule has 0 aliphatic rings. The zero-order chi connectivity index (χ0) is 23.4. The quantitative estimate of drug-likeness (QED) is 0.345. The van der Waals surface area contributed by atoms with E-state index in [1.54, 1.807) is 32.7 Å². The van der Waals surface area contributed by atoms with E-state index in [1.807, 2.05) is 62.4 Å². The van der Waals surface area contributed by atoms with E-state index in [0.717, 1.165) is 22.1 Å². The maximum Gasteiger partial charge on any atom is 0.272 e. The Morgan fingerprint density at radius 1 is 1.00 bits per heavy atom. The molecule has 0 aliphatic heterocycles. The summed E-state index contributed by atoms with van der Waals surface area (Å²) in [4.78, 5) is 22.1. The van der Waals surface area contributed by atoms with E-state index in [4.69, 9.17) is 14.5 Å². The van der Waals surface area contributed by atoms with Gasteiger partial charge in [0.15, 0.2) is 11.5 Å². The summed E-state index contributed by atoms with van der Waals surface area (Å²) in [7, 11) is 3.17. The first-order valence-electron chi connectivity index (χ1n) is 10.4. The van der Waals surface area contributed by atoms with Crippen LogP contribution in [0.25, 0.3) is 22.2 Å². The number of aryl methyl sites for hydroxylation is 1. The Bertz CT molecular complexity index is 1350. The second kappa shape index (κ2) is 9.48. The number of hydrogen-bond acceptors (Lipinski definition) is 6. The number of ether oxygens (including phenoxy) is 2. The highest BCUT2D eigenvalue weighted by Crippen LogP contribution is 2.33. The number of carbonyl (C=O) groups excluding carboxylic acids is 1. The van der Waals surface area contributed by atoms with Crippen LogP contribution in [0.3, 0.4) is 0 Å². The van der Waals surface area contributed by atoms with Gasteiger partial charge in [0, 0.05) is 28.9 Å². The lowest BCUT2D eigenvalue weighted by Crippen LogP contribution is -2.20. The molecular formula is C26H24N4O3. The molecule has 2 heterocycles. The number of methoxy groups -OCH3 is 2. The molecule has 33 heavy (non-hydrogen) atoms. The van der Waals surface area contributed by atoms with Gasteiger partial charge in [-0.25, -0.2) is 10.4 Å². The molecule has 4 aromatic rings. The van der Waals surface area contributed by atoms with Crippen molar-refractivity contribution in [2.45, 2.75) is 13.8 Å². The van der Waals surface area contributed by atoms with Crippen molar-refractivity contribution in [1.29, 1.82) is 0 Å². The van der Waals surface area contributed by atoms with Crippen LogP contribution < -0.4 is 14.9 Å². The smallest absolute Gasteiger partial charge is 0.272 e. The average molecular weight is 441 g/mol. The number of carbonyl (C=O) groups is 1. The van der Waals surface area contributed by atoms with Gasteiger partial charge < -0.3 is 9.47 Å². The van der Waals surface area contributed by atoms with Gasteiger partial charge in [-0.1, -0.05) is 17.7 Å². The topological polar surface area (TPSA) is 85.7 Å². The summed E-state index contributed by atoms with van der Waals surface area (Å²) in [6.07, 6.45) is 3.39. The Balaban J connectivity index is 1.77. The van der Waals surface area contributed by atoms with E-state index >= 15 is 0 Å². The van der Waals surface area contributed by atoms with Crippen LogP contribution in [0.1, 0.15) is 28.4 Å². The Labute approximate surface area is 192 Å². The number of hydrogen-bond donors (Lipinski definition) is 1. The molecule has 1 N–H and O–H groups in total. The molecular weight excluding hydrogens is 416 g/mol. The summed E-state index contributed by atoms with van der Waals surface area (Å²) in [5, 5.41) is 5.03. The van der Waals surface area contributed by atoms with E-state index in [9.17, 15) is 4.79 Å². The third-order valence-corrected chi connectivity index (χ3v) is 5.29. The second-order valence-corrected chi connectivity index (χ2v) is 7.53. The van der Waals surface area contributed by atoms with E-state index in [-0.39, 0.29) is 5.91 Å². The maximum atomic E-state index is 13.2. The van der Waals surface area contributed by atoms with Gasteiger partial charge in [0.2, 0.25) is 0 Å². The van der Waals surface area contributed by atoms with Crippen molar-refractivity contribution in [1.82, 2.24) is 15.4 Å². The summed E-state index contributed by atoms with van der Waals surface area (Å²) < 4.78 is 10.8. The fraction of sp³-hybridized carbons (Fsp3) is 0.154. The number of amides is 1. The minimum atomic E-state index is -0.321. The summed E-state index contributed by atoms with van der Waals surface area (Å²) in [6.45, 7) is 3.80. The number of nitrogens with one attached hydrogen (secondary N) is 1. The molecule has 4 rings (SSSR count). The van der Waals surface area contributed by atoms with E-state index in [1.165, 1.54) is 0 Å². The van der Waals surface area contributed by atoms with Crippen LogP contribution >= 0.6 is 0 Å². The number of benzene rings is 2. The molecule has 0 radical (unpaired) electrons. The van der Waals surface area contributed by atoms with Crippen LogP contribution in [-0.2, 0) is 0 Å². The van der Waals surface area contributed by atoms with Crippen LogP contribution in [0.2, 0.25) is 0 Å². The molecule has 166 valence electrons. The Kier molecular flexibility index (Phi) is 6.31. The molecule has 0 unspecified atom stereocenters. The van der Waals surface area contributed by atoms with Crippen molar-refractivity contribution in [3.8, 4) is 22.8 Å². The number of hydrazone groups is 1. The molecule has 0 aliphatic carbocycles. The van der Waals surface area contributed by atoms with Crippen molar-refractivity contribution in [3.05, 3.63) is 83.7 Å². The fourth-order valence-electron chi connectivity index (χ4n) is 3.51. The van der Waals surface area contributed by atoms with Gasteiger partial charge in [-0.15, -0.1) is 0 Å². The molecule has 0 spiro atoms. The van der Waals surface area contributed by atoms with Crippen molar-refractivity contribution in [2.75, 3.05) is 14.2 Å². The number of aromatic nitrogens is 2. The lowest BCUT2D eigenvalue weighted by Gasteiger charge is -2.12. The zero-order valence-corrected chi connectivity index (χ0v) is 18.9. The number of pyridine rings is 2. The molecule has 0 fully saturated rings. The van der Waals surface area contributed by atoms with Crippen molar-refractivity contribution < 1.29 is 14.3 Å². The van der Waals surface area contributed by atoms with Crippen molar-refractivity contribution in [2.24, 2.45) is 5.10 Å². The third kappa shape index (κ3) is 4.67. The molecule has 1 amide bonds. The number of fused-ring (bicyclic) bond motifs is 1. The van der Waals surface area contributed by atoms with Gasteiger partial charge in [0.25, 0.3) is 5.91 Å². The molecule has 7 heteroatoms. The highest BCUT2D eigenvalue weighted by Gasteiger charge is 2.16. The second-order valence-electron chi connectivity index (χ2n) is 7.53. The predicted molar refractivity (Wildman–Crippen MR) is 129 cm³/mol. The molecule has 7 nitrogen and oxygen atoms in total. The zero-order valence-electron chi connectivity index (χ0n) is 18.9. The van der Waals surface area contributed by atoms with Gasteiger partial charge >= 0.3 is 0 Å². The van der Waals surface area contributed by atoms with Crippen LogP contribution in [0, 0.1) is 6.92 Å². The molecule has 0 atom stereocenters. The van der Waals surface area contributed by atoms with Gasteiger partial charge in [-0.3, -0.25) is 9.78 Å². The normalized spacial score (nSPS) is 11.3. The first kappa shape index (κ1) is 22.0. The SMILES string of the molecule is COc1ccc(-c2cc(C(=O)NN=C(C)c3cccnc3)c3cc(C)ccc3n2)cc1OC. The van der Waals surface area contributed by atoms with E-state index in [0.29, 0.717) is 34.0 Å². The highest BCUT2D eigenvalue weighted by molar-refractivity contribution is 6.08. The van der Waals surface area contributed by atoms with E-state index < -0.39 is 0 Å². The monoisotopic (exact) mass is 440 g/mol. The first-order valence-corrected chi connectivity index (χ1v) is 10.4. The first-order chi connectivity index (χ1) is 16.0. The molecule has 0 bridgehead atoms. The summed E-state index contributed by atoms with van der Waals surface area (Å²) >= 11 is 0. The summed E-state index contributed by atoms with van der Waals surface area (Å²) in [6, 6.07) is 16.9. The summed E-state index contributed by atoms with van der Waals surface area (Å²) in [5.41, 5.74) is 7.85. The predicted octanol–water partition coefficient (Wildman–Crippen LogP) is 4.78. The van der Waals surface area contributed by atoms with Crippen molar-refractivity contribution in [3.63, 3.8) is 0 Å². The van der Waals surface area contributed by atoms with E-state index in [2.05, 4.69) is 15.5 Å². The Morgan fingerprint density at radius 3 is 2.55 bits per heavy atom. The molecule has 2 aromatic heterocycles.